The Labute approximate surface area is 157 Å². The van der Waals surface area contributed by atoms with Crippen LogP contribution >= 0.6 is 0 Å². The second kappa shape index (κ2) is 9.18. The van der Waals surface area contributed by atoms with E-state index >= 15 is 0 Å². The van der Waals surface area contributed by atoms with Crippen molar-refractivity contribution in [1.82, 2.24) is 4.90 Å². The van der Waals surface area contributed by atoms with Crippen molar-refractivity contribution in [3.8, 4) is 0 Å². The zero-order chi connectivity index (χ0) is 16.2. The van der Waals surface area contributed by atoms with Crippen molar-refractivity contribution in [2.24, 2.45) is 5.41 Å². The summed E-state index contributed by atoms with van der Waals surface area (Å²) in [5, 5.41) is 0. The molecule has 0 aromatic heterocycles. The van der Waals surface area contributed by atoms with E-state index in [1.807, 2.05) is 0 Å². The molecule has 0 radical (unpaired) electrons. The molecule has 1 unspecified atom stereocenters. The van der Waals surface area contributed by atoms with Gasteiger partial charge in [0.2, 0.25) is 0 Å². The Morgan fingerprint density at radius 1 is 1.23 bits per heavy atom. The molecular formula is C20H31NZr. The van der Waals surface area contributed by atoms with E-state index in [9.17, 15) is 0 Å². The standard InChI is InChI=1S/C10H16N.C10H15.Zr/c1-4-10(11(2)3)9-7-5-6-8-9;1-7-6-10(4,5)9(3)8(7)2;/h5,7,10H,4,6H2,1-3H3;1-5H3;/q2*-1;+2. The van der Waals surface area contributed by atoms with Crippen LogP contribution in [0.4, 0.5) is 0 Å². The molecule has 0 aromatic rings. The van der Waals surface area contributed by atoms with E-state index in [2.05, 4.69) is 84.8 Å². The number of allylic oxidation sites excluding steroid dienone is 6. The van der Waals surface area contributed by atoms with Crippen molar-refractivity contribution < 1.29 is 26.2 Å². The normalized spacial score (nSPS) is 20.2. The molecule has 0 N–H and O–H groups in total. The van der Waals surface area contributed by atoms with Gasteiger partial charge in [-0.25, -0.2) is 17.2 Å². The summed E-state index contributed by atoms with van der Waals surface area (Å²) in [5.41, 5.74) is 5.75. The largest absolute Gasteiger partial charge is 2.00 e. The summed E-state index contributed by atoms with van der Waals surface area (Å²) in [7, 11) is 4.24. The van der Waals surface area contributed by atoms with E-state index in [1.54, 1.807) is 0 Å². The summed E-state index contributed by atoms with van der Waals surface area (Å²) in [6, 6.07) is 0.564. The van der Waals surface area contributed by atoms with Crippen LogP contribution in [-0.2, 0) is 26.2 Å². The van der Waals surface area contributed by atoms with Crippen LogP contribution < -0.4 is 0 Å². The molecule has 0 heterocycles. The van der Waals surface area contributed by atoms with Crippen LogP contribution in [0.3, 0.4) is 0 Å². The Morgan fingerprint density at radius 2 is 1.82 bits per heavy atom. The van der Waals surface area contributed by atoms with Crippen molar-refractivity contribution >= 4 is 0 Å². The van der Waals surface area contributed by atoms with Gasteiger partial charge in [-0.05, 0) is 20.5 Å². The summed E-state index contributed by atoms with van der Waals surface area (Å²) in [4.78, 5) is 2.25. The van der Waals surface area contributed by atoms with Gasteiger partial charge in [0.1, 0.15) is 0 Å². The molecule has 2 aliphatic carbocycles. The van der Waals surface area contributed by atoms with Crippen molar-refractivity contribution in [1.29, 1.82) is 0 Å². The van der Waals surface area contributed by atoms with Gasteiger partial charge < -0.3 is 4.90 Å². The van der Waals surface area contributed by atoms with Gasteiger partial charge in [-0.2, -0.15) is 17.2 Å². The van der Waals surface area contributed by atoms with Gasteiger partial charge in [0.05, 0.1) is 0 Å². The van der Waals surface area contributed by atoms with Gasteiger partial charge in [-0.15, -0.1) is 13.3 Å². The second-order valence-corrected chi connectivity index (χ2v) is 6.75. The molecule has 1 atom stereocenters. The van der Waals surface area contributed by atoms with Crippen LogP contribution in [0.2, 0.25) is 0 Å². The van der Waals surface area contributed by atoms with Crippen LogP contribution in [0.1, 0.15) is 54.4 Å². The third-order valence-electron chi connectivity index (χ3n) is 4.65. The minimum atomic E-state index is 0. The van der Waals surface area contributed by atoms with Crippen LogP contribution in [0.25, 0.3) is 0 Å². The van der Waals surface area contributed by atoms with Crippen LogP contribution in [0.5, 0.6) is 0 Å². The Bertz CT molecular complexity index is 490. The molecule has 0 bridgehead atoms. The molecule has 2 heteroatoms. The molecule has 0 fully saturated rings. The molecule has 0 amide bonds. The molecule has 0 aromatic carbocycles. The fourth-order valence-corrected chi connectivity index (χ4v) is 2.92. The maximum Gasteiger partial charge on any atom is 2.00 e. The van der Waals surface area contributed by atoms with Gasteiger partial charge in [0.15, 0.2) is 0 Å². The first-order valence-corrected chi connectivity index (χ1v) is 7.94. The van der Waals surface area contributed by atoms with Crippen LogP contribution in [0, 0.1) is 17.6 Å². The zero-order valence-corrected chi connectivity index (χ0v) is 18.1. The summed E-state index contributed by atoms with van der Waals surface area (Å²) in [6.07, 6.45) is 13.3. The second-order valence-electron chi connectivity index (χ2n) is 6.75. The third-order valence-corrected chi connectivity index (χ3v) is 4.65. The molecule has 0 aliphatic heterocycles. The average molecular weight is 377 g/mol. The molecule has 1 nitrogen and oxygen atoms in total. The average Bonchev–Trinajstić information content (AvgIpc) is 2.96. The van der Waals surface area contributed by atoms with E-state index in [0.717, 1.165) is 6.42 Å². The molecule has 22 heavy (non-hydrogen) atoms. The molecule has 120 valence electrons. The number of hydrogen-bond acceptors (Lipinski definition) is 1. The predicted molar refractivity (Wildman–Crippen MR) is 92.9 cm³/mol. The van der Waals surface area contributed by atoms with Gasteiger partial charge in [-0.1, -0.05) is 40.0 Å². The number of rotatable bonds is 3. The minimum absolute atomic E-state index is 0. The first kappa shape index (κ1) is 21.8. The van der Waals surface area contributed by atoms with Crippen molar-refractivity contribution in [2.45, 2.75) is 60.4 Å². The summed E-state index contributed by atoms with van der Waals surface area (Å²) < 4.78 is 0. The maximum absolute atomic E-state index is 3.44. The summed E-state index contributed by atoms with van der Waals surface area (Å²) in [6.45, 7) is 13.1. The first-order chi connectivity index (χ1) is 9.70. The molecule has 2 aliphatic rings. The maximum atomic E-state index is 3.44. The smallest absolute Gasteiger partial charge is 0.305 e. The van der Waals surface area contributed by atoms with Gasteiger partial charge in [0.25, 0.3) is 0 Å². The Hall–Kier alpha value is -0.197. The molecule has 0 saturated heterocycles. The van der Waals surface area contributed by atoms with E-state index in [4.69, 9.17) is 0 Å². The summed E-state index contributed by atoms with van der Waals surface area (Å²) in [5.74, 6) is 0. The quantitative estimate of drug-likeness (QED) is 0.618. The molecule has 2 rings (SSSR count). The van der Waals surface area contributed by atoms with E-state index in [1.165, 1.54) is 28.7 Å². The Balaban J connectivity index is 0.000000385. The number of nitrogens with zero attached hydrogens (tertiary/aromatic N) is 1. The van der Waals surface area contributed by atoms with Crippen molar-refractivity contribution in [3.63, 3.8) is 0 Å². The SMILES string of the molecule is CC1=[C-]C(C)(C)C(C)=C1C.CCC(C1=[C-]CC=C1)N(C)C.[Zr+2]. The van der Waals surface area contributed by atoms with Gasteiger partial charge >= 0.3 is 26.2 Å². The molecule has 0 spiro atoms. The Kier molecular flexibility index (Phi) is 9.10. The molecule has 0 saturated carbocycles. The fraction of sp³-hybridized carbons (Fsp3) is 0.600. The first-order valence-electron chi connectivity index (χ1n) is 7.94. The van der Waals surface area contributed by atoms with Crippen LogP contribution in [0.15, 0.2) is 34.4 Å². The minimum Gasteiger partial charge on any atom is -0.305 e. The summed E-state index contributed by atoms with van der Waals surface area (Å²) >= 11 is 0. The fourth-order valence-electron chi connectivity index (χ4n) is 2.92. The topological polar surface area (TPSA) is 3.24 Å². The number of hydrogen-bond donors (Lipinski definition) is 0. The zero-order valence-electron chi connectivity index (χ0n) is 15.6. The van der Waals surface area contributed by atoms with E-state index in [-0.39, 0.29) is 31.6 Å². The number of likely N-dealkylation sites (N-methyl/N-ethyl adjacent to an activating group) is 1. The van der Waals surface area contributed by atoms with E-state index < -0.39 is 0 Å². The van der Waals surface area contributed by atoms with E-state index in [0.29, 0.717) is 6.04 Å². The monoisotopic (exact) mass is 375 g/mol. The van der Waals surface area contributed by atoms with Crippen molar-refractivity contribution in [3.05, 3.63) is 46.6 Å². The van der Waals surface area contributed by atoms with Crippen LogP contribution in [-0.4, -0.2) is 25.0 Å². The Morgan fingerprint density at radius 3 is 2.05 bits per heavy atom. The van der Waals surface area contributed by atoms with Crippen molar-refractivity contribution in [2.75, 3.05) is 14.1 Å². The van der Waals surface area contributed by atoms with Gasteiger partial charge in [0, 0.05) is 6.04 Å². The molecular weight excluding hydrogens is 345 g/mol. The van der Waals surface area contributed by atoms with Gasteiger partial charge in [-0.3, -0.25) is 12.2 Å². The third kappa shape index (κ3) is 5.46. The predicted octanol–water partition coefficient (Wildman–Crippen LogP) is 5.13.